The van der Waals surface area contributed by atoms with Gasteiger partial charge in [0.1, 0.15) is 5.69 Å². The maximum atomic E-state index is 12.6. The molecule has 0 radical (unpaired) electrons. The van der Waals surface area contributed by atoms with Crippen LogP contribution < -0.4 is 10.1 Å². The van der Waals surface area contributed by atoms with Crippen LogP contribution in [0.2, 0.25) is 0 Å². The molecule has 0 atom stereocenters. The van der Waals surface area contributed by atoms with Gasteiger partial charge in [0.25, 0.3) is 5.91 Å². The van der Waals surface area contributed by atoms with Gasteiger partial charge in [-0.3, -0.25) is 4.79 Å². The average Bonchev–Trinajstić information content (AvgIpc) is 3.44. The zero-order valence-corrected chi connectivity index (χ0v) is 15.7. The van der Waals surface area contributed by atoms with E-state index in [2.05, 4.69) is 30.4 Å². The first-order valence-electron chi connectivity index (χ1n) is 8.94. The predicted octanol–water partition coefficient (Wildman–Crippen LogP) is 4.01. The second-order valence-electron chi connectivity index (χ2n) is 7.70. The minimum Gasteiger partial charge on any atom is -0.477 e. The smallest absolute Gasteiger partial charge is 0.270 e. The van der Waals surface area contributed by atoms with Gasteiger partial charge in [0.15, 0.2) is 0 Å². The highest BCUT2D eigenvalue weighted by atomic mass is 32.2. The standard InChI is InChI=1S/C19H28N2O2S/c1-19(2,10-11-24-3)21-17(22)16-9-8-15(14-6-7-14)18(20-16)23-12-13-4-5-13/h8-9,13-14H,4-7,10-12H2,1-3H3,(H,21,22). The molecule has 1 aromatic rings. The molecule has 2 fully saturated rings. The van der Waals surface area contributed by atoms with Gasteiger partial charge >= 0.3 is 0 Å². The predicted molar refractivity (Wildman–Crippen MR) is 99.0 cm³/mol. The number of amides is 1. The fraction of sp³-hybridized carbons (Fsp3) is 0.684. The van der Waals surface area contributed by atoms with Gasteiger partial charge in [0, 0.05) is 11.1 Å². The molecule has 24 heavy (non-hydrogen) atoms. The maximum Gasteiger partial charge on any atom is 0.270 e. The van der Waals surface area contributed by atoms with Gasteiger partial charge in [0.05, 0.1) is 6.61 Å². The Morgan fingerprint density at radius 2 is 2.08 bits per heavy atom. The third kappa shape index (κ3) is 4.88. The lowest BCUT2D eigenvalue weighted by molar-refractivity contribution is 0.0905. The van der Waals surface area contributed by atoms with Crippen molar-refractivity contribution in [2.45, 2.75) is 57.4 Å². The molecular formula is C19H28N2O2S. The molecule has 1 aromatic heterocycles. The zero-order chi connectivity index (χ0) is 17.2. The van der Waals surface area contributed by atoms with Gasteiger partial charge < -0.3 is 10.1 Å². The summed E-state index contributed by atoms with van der Waals surface area (Å²) in [5, 5.41) is 3.11. The summed E-state index contributed by atoms with van der Waals surface area (Å²) in [5.74, 6) is 2.85. The van der Waals surface area contributed by atoms with E-state index in [1.807, 2.05) is 12.1 Å². The number of rotatable bonds is 9. The lowest BCUT2D eigenvalue weighted by Crippen LogP contribution is -2.44. The van der Waals surface area contributed by atoms with Crippen molar-refractivity contribution in [3.05, 3.63) is 23.4 Å². The highest BCUT2D eigenvalue weighted by molar-refractivity contribution is 7.98. The number of aromatic nitrogens is 1. The van der Waals surface area contributed by atoms with Gasteiger partial charge in [-0.1, -0.05) is 6.07 Å². The summed E-state index contributed by atoms with van der Waals surface area (Å²) in [5.41, 5.74) is 1.41. The fourth-order valence-corrected chi connectivity index (χ4v) is 3.39. The number of hydrogen-bond acceptors (Lipinski definition) is 4. The summed E-state index contributed by atoms with van der Waals surface area (Å²) in [6.45, 7) is 4.85. The molecule has 0 unspecified atom stereocenters. The Kier molecular flexibility index (Phi) is 5.38. The average molecular weight is 349 g/mol. The minimum atomic E-state index is -0.230. The number of thioether (sulfide) groups is 1. The third-order valence-electron chi connectivity index (χ3n) is 4.68. The molecule has 132 valence electrons. The lowest BCUT2D eigenvalue weighted by atomic mass is 10.0. The number of pyridine rings is 1. The van der Waals surface area contributed by atoms with E-state index in [9.17, 15) is 4.79 Å². The molecule has 1 heterocycles. The molecule has 2 saturated carbocycles. The number of carbonyl (C=O) groups is 1. The Bertz CT molecular complexity index is 595. The molecule has 3 rings (SSSR count). The molecule has 0 spiro atoms. The Hall–Kier alpha value is -1.23. The lowest BCUT2D eigenvalue weighted by Gasteiger charge is -2.26. The van der Waals surface area contributed by atoms with Gasteiger partial charge in [-0.2, -0.15) is 11.8 Å². The third-order valence-corrected chi connectivity index (χ3v) is 5.29. The monoisotopic (exact) mass is 348 g/mol. The SMILES string of the molecule is CSCCC(C)(C)NC(=O)c1ccc(C2CC2)c(OCC2CC2)n1. The number of ether oxygens (including phenoxy) is 1. The largest absolute Gasteiger partial charge is 0.477 e. The van der Waals surface area contributed by atoms with E-state index < -0.39 is 0 Å². The molecule has 2 aliphatic carbocycles. The van der Waals surface area contributed by atoms with E-state index in [-0.39, 0.29) is 11.4 Å². The van der Waals surface area contributed by atoms with Gasteiger partial charge in [-0.15, -0.1) is 0 Å². The van der Waals surface area contributed by atoms with Crippen molar-refractivity contribution in [2.24, 2.45) is 5.92 Å². The fourth-order valence-electron chi connectivity index (χ4n) is 2.67. The van der Waals surface area contributed by atoms with Crippen LogP contribution in [0.5, 0.6) is 5.88 Å². The van der Waals surface area contributed by atoms with E-state index in [0.717, 1.165) is 18.8 Å². The Morgan fingerprint density at radius 1 is 1.33 bits per heavy atom. The van der Waals surface area contributed by atoms with Gasteiger partial charge in [0.2, 0.25) is 5.88 Å². The van der Waals surface area contributed by atoms with Crippen LogP contribution in [0.15, 0.2) is 12.1 Å². The molecule has 4 nitrogen and oxygen atoms in total. The van der Waals surface area contributed by atoms with Crippen molar-refractivity contribution < 1.29 is 9.53 Å². The molecular weight excluding hydrogens is 320 g/mol. The maximum absolute atomic E-state index is 12.6. The van der Waals surface area contributed by atoms with Crippen LogP contribution in [0, 0.1) is 5.92 Å². The summed E-state index contributed by atoms with van der Waals surface area (Å²) in [7, 11) is 0. The first-order chi connectivity index (χ1) is 11.5. The number of nitrogens with zero attached hydrogens (tertiary/aromatic N) is 1. The summed E-state index contributed by atoms with van der Waals surface area (Å²) in [6.07, 6.45) is 7.93. The normalized spacial score (nSPS) is 17.6. The summed E-state index contributed by atoms with van der Waals surface area (Å²) >= 11 is 1.79. The van der Waals surface area contributed by atoms with Crippen LogP contribution in [0.1, 0.15) is 67.9 Å². The zero-order valence-electron chi connectivity index (χ0n) is 14.9. The highest BCUT2D eigenvalue weighted by Gasteiger charge is 2.30. The summed E-state index contributed by atoms with van der Waals surface area (Å²) < 4.78 is 5.95. The first-order valence-corrected chi connectivity index (χ1v) is 10.3. The number of nitrogens with one attached hydrogen (secondary N) is 1. The van der Waals surface area contributed by atoms with Gasteiger partial charge in [-0.05, 0) is 75.9 Å². The van der Waals surface area contributed by atoms with E-state index in [4.69, 9.17) is 4.74 Å². The highest BCUT2D eigenvalue weighted by Crippen LogP contribution is 2.44. The Morgan fingerprint density at radius 3 is 2.71 bits per heavy atom. The molecule has 0 bridgehead atoms. The van der Waals surface area contributed by atoms with Crippen molar-refractivity contribution in [1.82, 2.24) is 10.3 Å². The van der Waals surface area contributed by atoms with Crippen molar-refractivity contribution in [3.63, 3.8) is 0 Å². The minimum absolute atomic E-state index is 0.111. The number of hydrogen-bond donors (Lipinski definition) is 1. The molecule has 1 N–H and O–H groups in total. The van der Waals surface area contributed by atoms with E-state index in [1.54, 1.807) is 11.8 Å². The van der Waals surface area contributed by atoms with E-state index in [1.165, 1.54) is 31.2 Å². The van der Waals surface area contributed by atoms with Gasteiger partial charge in [-0.25, -0.2) is 4.98 Å². The molecule has 5 heteroatoms. The summed E-state index contributed by atoms with van der Waals surface area (Å²) in [6, 6.07) is 3.88. The van der Waals surface area contributed by atoms with Crippen LogP contribution in [0.3, 0.4) is 0 Å². The topological polar surface area (TPSA) is 51.2 Å². The van der Waals surface area contributed by atoms with E-state index >= 15 is 0 Å². The Labute approximate surface area is 149 Å². The number of carbonyl (C=O) groups excluding carboxylic acids is 1. The molecule has 0 aliphatic heterocycles. The second-order valence-corrected chi connectivity index (χ2v) is 8.69. The molecule has 1 amide bonds. The second kappa shape index (κ2) is 7.34. The first kappa shape index (κ1) is 17.6. The van der Waals surface area contributed by atoms with Crippen molar-refractivity contribution in [1.29, 1.82) is 0 Å². The van der Waals surface area contributed by atoms with Crippen LogP contribution in [0.25, 0.3) is 0 Å². The Balaban J connectivity index is 1.69. The molecule has 0 saturated heterocycles. The van der Waals surface area contributed by atoms with Crippen LogP contribution in [-0.2, 0) is 0 Å². The quantitative estimate of drug-likeness (QED) is 0.732. The van der Waals surface area contributed by atoms with E-state index in [0.29, 0.717) is 23.4 Å². The van der Waals surface area contributed by atoms with Crippen molar-refractivity contribution in [2.75, 3.05) is 18.6 Å². The summed E-state index contributed by atoms with van der Waals surface area (Å²) in [4.78, 5) is 17.1. The van der Waals surface area contributed by atoms with Crippen LogP contribution in [-0.4, -0.2) is 35.0 Å². The van der Waals surface area contributed by atoms with Crippen LogP contribution >= 0.6 is 11.8 Å². The van der Waals surface area contributed by atoms with Crippen LogP contribution in [0.4, 0.5) is 0 Å². The molecule has 0 aromatic carbocycles. The van der Waals surface area contributed by atoms with Crippen molar-refractivity contribution >= 4 is 17.7 Å². The van der Waals surface area contributed by atoms with Crippen molar-refractivity contribution in [3.8, 4) is 5.88 Å². The molecule has 2 aliphatic rings.